The Bertz CT molecular complexity index is 1090. The number of hydrogen-bond donors (Lipinski definition) is 0. The van der Waals surface area contributed by atoms with Crippen LogP contribution in [0.25, 0.3) is 11.1 Å². The van der Waals surface area contributed by atoms with Gasteiger partial charge in [0.05, 0.1) is 0 Å². The zero-order valence-electron chi connectivity index (χ0n) is 16.5. The molecule has 1 heterocycles. The van der Waals surface area contributed by atoms with E-state index in [0.29, 0.717) is 6.73 Å². The van der Waals surface area contributed by atoms with E-state index >= 15 is 0 Å². The maximum Gasteiger partial charge on any atom is 0.161 e. The number of fused-ring (bicyclic) bond motifs is 1. The van der Waals surface area contributed by atoms with Crippen LogP contribution in [0.15, 0.2) is 66.7 Å². The van der Waals surface area contributed by atoms with E-state index in [2.05, 4.69) is 28.9 Å². The van der Waals surface area contributed by atoms with Crippen molar-refractivity contribution in [1.29, 1.82) is 0 Å². The van der Waals surface area contributed by atoms with Crippen LogP contribution < -0.4 is 19.1 Å². The second-order valence-electron chi connectivity index (χ2n) is 6.80. The van der Waals surface area contributed by atoms with Crippen LogP contribution in [0.5, 0.6) is 17.2 Å². The van der Waals surface area contributed by atoms with Crippen molar-refractivity contribution in [2.24, 2.45) is 0 Å². The first kappa shape index (κ1) is 19.3. The van der Waals surface area contributed by atoms with Crippen molar-refractivity contribution in [3.05, 3.63) is 72.3 Å². The summed E-state index contributed by atoms with van der Waals surface area (Å²) in [4.78, 5) is 2.17. The molecule has 4 rings (SSSR count). The van der Waals surface area contributed by atoms with Crippen molar-refractivity contribution in [3.8, 4) is 53.1 Å². The fraction of sp³-hybridized carbons (Fsp3) is 0.154. The first-order valence-electron chi connectivity index (χ1n) is 9.60. The van der Waals surface area contributed by atoms with Gasteiger partial charge in [0.2, 0.25) is 0 Å². The first-order valence-corrected chi connectivity index (χ1v) is 9.60. The van der Waals surface area contributed by atoms with Crippen molar-refractivity contribution in [2.45, 2.75) is 6.54 Å². The van der Waals surface area contributed by atoms with Gasteiger partial charge < -0.3 is 19.1 Å². The molecule has 3 aromatic carbocycles. The molecule has 0 saturated carbocycles. The quantitative estimate of drug-likeness (QED) is 0.565. The summed E-state index contributed by atoms with van der Waals surface area (Å²) >= 11 is 0. The fourth-order valence-corrected chi connectivity index (χ4v) is 3.33. The van der Waals surface area contributed by atoms with Crippen molar-refractivity contribution in [1.82, 2.24) is 0 Å². The molecule has 4 nitrogen and oxygen atoms in total. The van der Waals surface area contributed by atoms with Crippen molar-refractivity contribution in [2.75, 3.05) is 24.8 Å². The van der Waals surface area contributed by atoms with Gasteiger partial charge in [0.15, 0.2) is 6.73 Å². The van der Waals surface area contributed by atoms with Crippen LogP contribution in [0, 0.1) is 24.7 Å². The summed E-state index contributed by atoms with van der Waals surface area (Å²) < 4.78 is 16.9. The van der Waals surface area contributed by atoms with Gasteiger partial charge in [-0.1, -0.05) is 30.0 Å². The SMILES string of the molecule is C#CCOc1ccc(-c2ccc3c(c2)CN(c2ccc(OCC#C)cc2)CO3)cc1. The molecule has 0 aromatic heterocycles. The van der Waals surface area contributed by atoms with Gasteiger partial charge in [-0.15, -0.1) is 12.8 Å². The van der Waals surface area contributed by atoms with E-state index in [0.717, 1.165) is 46.2 Å². The highest BCUT2D eigenvalue weighted by Crippen LogP contribution is 2.33. The summed E-state index contributed by atoms with van der Waals surface area (Å²) in [6, 6.07) is 22.1. The Morgan fingerprint density at radius 1 is 0.800 bits per heavy atom. The Kier molecular flexibility index (Phi) is 5.78. The summed E-state index contributed by atoms with van der Waals surface area (Å²) in [6.45, 7) is 1.79. The lowest BCUT2D eigenvalue weighted by Crippen LogP contribution is -2.31. The third-order valence-corrected chi connectivity index (χ3v) is 4.83. The molecular weight excluding hydrogens is 374 g/mol. The molecule has 1 aliphatic heterocycles. The van der Waals surface area contributed by atoms with Crippen molar-refractivity contribution in [3.63, 3.8) is 0 Å². The van der Waals surface area contributed by atoms with E-state index in [-0.39, 0.29) is 13.2 Å². The molecule has 0 N–H and O–H groups in total. The minimum absolute atomic E-state index is 0.263. The maximum atomic E-state index is 5.97. The minimum Gasteiger partial charge on any atom is -0.481 e. The summed E-state index contributed by atoms with van der Waals surface area (Å²) in [5, 5.41) is 0. The van der Waals surface area contributed by atoms with Gasteiger partial charge in [0.1, 0.15) is 30.5 Å². The van der Waals surface area contributed by atoms with E-state index in [1.807, 2.05) is 54.6 Å². The Balaban J connectivity index is 1.49. The van der Waals surface area contributed by atoms with Gasteiger partial charge in [0.25, 0.3) is 0 Å². The van der Waals surface area contributed by atoms with Gasteiger partial charge in [-0.2, -0.15) is 0 Å². The van der Waals surface area contributed by atoms with Crippen molar-refractivity contribution < 1.29 is 14.2 Å². The molecule has 0 aliphatic carbocycles. The zero-order chi connectivity index (χ0) is 20.8. The topological polar surface area (TPSA) is 30.9 Å². The number of hydrogen-bond acceptors (Lipinski definition) is 4. The molecule has 0 bridgehead atoms. The monoisotopic (exact) mass is 395 g/mol. The molecule has 1 aliphatic rings. The van der Waals surface area contributed by atoms with Crippen LogP contribution in [0.1, 0.15) is 5.56 Å². The predicted molar refractivity (Wildman–Crippen MR) is 119 cm³/mol. The largest absolute Gasteiger partial charge is 0.481 e. The molecule has 0 spiro atoms. The fourth-order valence-electron chi connectivity index (χ4n) is 3.33. The number of terminal acetylenes is 2. The molecule has 0 radical (unpaired) electrons. The van der Waals surface area contributed by atoms with Crippen LogP contribution in [0.2, 0.25) is 0 Å². The molecule has 148 valence electrons. The number of nitrogens with zero attached hydrogens (tertiary/aromatic N) is 1. The molecule has 0 saturated heterocycles. The van der Waals surface area contributed by atoms with Gasteiger partial charge in [0, 0.05) is 17.8 Å². The standard InChI is InChI=1S/C26H21NO3/c1-3-15-28-24-10-5-20(6-11-24)21-7-14-26-22(17-21)18-27(19-30-26)23-8-12-25(13-9-23)29-16-4-2/h1-2,5-14,17H,15-16,18-19H2. The highest BCUT2D eigenvalue weighted by atomic mass is 16.5. The average Bonchev–Trinajstić information content (AvgIpc) is 2.81. The van der Waals surface area contributed by atoms with E-state index in [9.17, 15) is 0 Å². The van der Waals surface area contributed by atoms with E-state index in [1.165, 1.54) is 0 Å². The van der Waals surface area contributed by atoms with E-state index < -0.39 is 0 Å². The zero-order valence-corrected chi connectivity index (χ0v) is 16.5. The Hall–Kier alpha value is -4.02. The highest BCUT2D eigenvalue weighted by Gasteiger charge is 2.18. The van der Waals surface area contributed by atoms with Gasteiger partial charge in [-0.3, -0.25) is 0 Å². The Morgan fingerprint density at radius 3 is 2.03 bits per heavy atom. The van der Waals surface area contributed by atoms with Crippen LogP contribution in [-0.4, -0.2) is 19.9 Å². The summed E-state index contributed by atoms with van der Waals surface area (Å²) in [5.74, 6) is 7.37. The maximum absolute atomic E-state index is 5.97. The second-order valence-corrected chi connectivity index (χ2v) is 6.80. The minimum atomic E-state index is 0.263. The molecule has 0 amide bonds. The summed E-state index contributed by atoms with van der Waals surface area (Å²) in [7, 11) is 0. The lowest BCUT2D eigenvalue weighted by molar-refractivity contribution is 0.289. The molecule has 3 aromatic rings. The lowest BCUT2D eigenvalue weighted by Gasteiger charge is -2.31. The molecule has 30 heavy (non-hydrogen) atoms. The normalized spacial score (nSPS) is 12.1. The molecule has 0 unspecified atom stereocenters. The van der Waals surface area contributed by atoms with E-state index in [1.54, 1.807) is 0 Å². The third-order valence-electron chi connectivity index (χ3n) is 4.83. The highest BCUT2D eigenvalue weighted by molar-refractivity contribution is 5.67. The smallest absolute Gasteiger partial charge is 0.161 e. The summed E-state index contributed by atoms with van der Waals surface area (Å²) in [6.07, 6.45) is 10.5. The van der Waals surface area contributed by atoms with Crippen molar-refractivity contribution >= 4 is 5.69 Å². The van der Waals surface area contributed by atoms with Gasteiger partial charge in [-0.05, 0) is 59.7 Å². The van der Waals surface area contributed by atoms with Crippen LogP contribution in [0.4, 0.5) is 5.69 Å². The molecular formula is C26H21NO3. The van der Waals surface area contributed by atoms with Gasteiger partial charge >= 0.3 is 0 Å². The average molecular weight is 395 g/mol. The predicted octanol–water partition coefficient (Wildman–Crippen LogP) is 4.73. The molecule has 4 heteroatoms. The number of benzene rings is 3. The van der Waals surface area contributed by atoms with E-state index in [4.69, 9.17) is 27.1 Å². The second kappa shape index (κ2) is 8.99. The third kappa shape index (κ3) is 4.35. The Morgan fingerprint density at radius 2 is 1.40 bits per heavy atom. The van der Waals surface area contributed by atoms with Crippen LogP contribution >= 0.6 is 0 Å². The molecule has 0 fully saturated rings. The lowest BCUT2D eigenvalue weighted by atomic mass is 10.0. The Labute approximate surface area is 177 Å². The molecule has 0 atom stereocenters. The number of rotatable bonds is 6. The van der Waals surface area contributed by atoms with Crippen LogP contribution in [0.3, 0.4) is 0 Å². The first-order chi connectivity index (χ1) is 14.8. The number of ether oxygens (including phenoxy) is 3. The van der Waals surface area contributed by atoms with Crippen LogP contribution in [-0.2, 0) is 6.54 Å². The summed E-state index contributed by atoms with van der Waals surface area (Å²) in [5.41, 5.74) is 4.44. The van der Waals surface area contributed by atoms with Gasteiger partial charge in [-0.25, -0.2) is 0 Å². The number of anilines is 1.